The average Bonchev–Trinajstić information content (AvgIpc) is 3.38. The third-order valence-electron chi connectivity index (χ3n) is 3.83. The average molecular weight is 381 g/mol. The second-order valence-corrected chi connectivity index (χ2v) is 6.07. The Balaban J connectivity index is 1.48. The SMILES string of the molecule is O=C(Nc1ccc(Cn2cncn2)cc1)c1ccc(Cl)c(-n2cnnn2)c1. The molecular formula is C17H13ClN8O. The Hall–Kier alpha value is -3.59. The van der Waals surface area contributed by atoms with Crippen molar-refractivity contribution in [1.82, 2.24) is 35.0 Å². The Morgan fingerprint density at radius 3 is 2.67 bits per heavy atom. The number of nitrogens with one attached hydrogen (secondary N) is 1. The topological polar surface area (TPSA) is 103 Å². The molecule has 4 rings (SSSR count). The van der Waals surface area contributed by atoms with Gasteiger partial charge >= 0.3 is 0 Å². The van der Waals surface area contributed by atoms with E-state index >= 15 is 0 Å². The number of hydrogen-bond donors (Lipinski definition) is 1. The number of rotatable bonds is 5. The van der Waals surface area contributed by atoms with Crippen molar-refractivity contribution < 1.29 is 4.79 Å². The molecule has 1 amide bonds. The molecule has 0 aliphatic rings. The first-order chi connectivity index (χ1) is 13.2. The molecule has 0 fully saturated rings. The van der Waals surface area contributed by atoms with Crippen LogP contribution in [0.15, 0.2) is 61.4 Å². The van der Waals surface area contributed by atoms with E-state index in [0.717, 1.165) is 5.56 Å². The van der Waals surface area contributed by atoms with E-state index in [1.165, 1.54) is 17.3 Å². The lowest BCUT2D eigenvalue weighted by atomic mass is 10.1. The maximum Gasteiger partial charge on any atom is 0.255 e. The van der Waals surface area contributed by atoms with Crippen LogP contribution in [-0.2, 0) is 6.54 Å². The molecule has 2 aromatic carbocycles. The highest BCUT2D eigenvalue weighted by atomic mass is 35.5. The fourth-order valence-electron chi connectivity index (χ4n) is 2.50. The maximum absolute atomic E-state index is 12.6. The van der Waals surface area contributed by atoms with Crippen LogP contribution < -0.4 is 5.32 Å². The summed E-state index contributed by atoms with van der Waals surface area (Å²) in [6.07, 6.45) is 4.56. The van der Waals surface area contributed by atoms with Crippen LogP contribution in [0.1, 0.15) is 15.9 Å². The molecule has 0 spiro atoms. The standard InChI is InChI=1S/C17H13ClN8O/c18-15-6-3-13(7-16(15)26-11-20-23-24-26)17(27)22-14-4-1-12(2-5-14)8-25-10-19-9-21-25/h1-7,9-11H,8H2,(H,22,27). The molecule has 9 nitrogen and oxygen atoms in total. The van der Waals surface area contributed by atoms with Crippen molar-refractivity contribution in [3.05, 3.63) is 77.6 Å². The van der Waals surface area contributed by atoms with Crippen LogP contribution in [-0.4, -0.2) is 40.9 Å². The normalized spacial score (nSPS) is 10.7. The van der Waals surface area contributed by atoms with E-state index < -0.39 is 0 Å². The minimum atomic E-state index is -0.259. The number of benzene rings is 2. The lowest BCUT2D eigenvalue weighted by molar-refractivity contribution is 0.102. The van der Waals surface area contributed by atoms with Crippen LogP contribution in [0.3, 0.4) is 0 Å². The van der Waals surface area contributed by atoms with Gasteiger partial charge in [0.2, 0.25) is 0 Å². The molecule has 0 atom stereocenters. The summed E-state index contributed by atoms with van der Waals surface area (Å²) in [7, 11) is 0. The minimum Gasteiger partial charge on any atom is -0.322 e. The number of hydrogen-bond acceptors (Lipinski definition) is 6. The summed E-state index contributed by atoms with van der Waals surface area (Å²) in [6, 6.07) is 12.4. The first-order valence-corrected chi connectivity index (χ1v) is 8.32. The van der Waals surface area contributed by atoms with Gasteiger partial charge < -0.3 is 5.32 Å². The van der Waals surface area contributed by atoms with Crippen molar-refractivity contribution in [2.24, 2.45) is 0 Å². The van der Waals surface area contributed by atoms with Crippen molar-refractivity contribution in [2.45, 2.75) is 6.54 Å². The highest BCUT2D eigenvalue weighted by Gasteiger charge is 2.11. The van der Waals surface area contributed by atoms with Crippen molar-refractivity contribution in [1.29, 1.82) is 0 Å². The van der Waals surface area contributed by atoms with Gasteiger partial charge in [-0.15, -0.1) is 5.10 Å². The Morgan fingerprint density at radius 1 is 1.11 bits per heavy atom. The number of amides is 1. The molecule has 4 aromatic rings. The van der Waals surface area contributed by atoms with Gasteiger partial charge in [0.05, 0.1) is 17.3 Å². The fourth-order valence-corrected chi connectivity index (χ4v) is 2.70. The van der Waals surface area contributed by atoms with Gasteiger partial charge in [-0.3, -0.25) is 4.79 Å². The Morgan fingerprint density at radius 2 is 1.96 bits per heavy atom. The van der Waals surface area contributed by atoms with Crippen molar-refractivity contribution >= 4 is 23.2 Å². The van der Waals surface area contributed by atoms with Crippen LogP contribution >= 0.6 is 11.6 Å². The molecule has 0 saturated carbocycles. The number of carbonyl (C=O) groups excluding carboxylic acids is 1. The predicted molar refractivity (Wildman–Crippen MR) is 97.7 cm³/mol. The van der Waals surface area contributed by atoms with Crippen molar-refractivity contribution in [3.63, 3.8) is 0 Å². The van der Waals surface area contributed by atoms with Gasteiger partial charge in [0.15, 0.2) is 0 Å². The zero-order chi connectivity index (χ0) is 18.6. The second kappa shape index (κ2) is 7.34. The number of carbonyl (C=O) groups is 1. The van der Waals surface area contributed by atoms with Gasteiger partial charge in [0.1, 0.15) is 19.0 Å². The molecule has 0 aliphatic heterocycles. The van der Waals surface area contributed by atoms with Gasteiger partial charge in [0.25, 0.3) is 5.91 Å². The van der Waals surface area contributed by atoms with Gasteiger partial charge in [-0.2, -0.15) is 9.78 Å². The molecule has 0 radical (unpaired) electrons. The maximum atomic E-state index is 12.6. The first-order valence-electron chi connectivity index (χ1n) is 7.95. The number of aromatic nitrogens is 7. The van der Waals surface area contributed by atoms with Crippen molar-refractivity contribution in [3.8, 4) is 5.69 Å². The fraction of sp³-hybridized carbons (Fsp3) is 0.0588. The molecule has 0 bridgehead atoms. The van der Waals surface area contributed by atoms with E-state index in [2.05, 4.69) is 30.9 Å². The van der Waals surface area contributed by atoms with Crippen LogP contribution in [0.2, 0.25) is 5.02 Å². The molecule has 10 heteroatoms. The molecule has 2 aromatic heterocycles. The summed E-state index contributed by atoms with van der Waals surface area (Å²) < 4.78 is 3.12. The van der Waals surface area contributed by atoms with E-state index in [1.807, 2.05) is 24.3 Å². The van der Waals surface area contributed by atoms with Crippen LogP contribution in [0, 0.1) is 0 Å². The number of anilines is 1. The largest absolute Gasteiger partial charge is 0.322 e. The van der Waals surface area contributed by atoms with Gasteiger partial charge in [-0.25, -0.2) is 9.67 Å². The smallest absolute Gasteiger partial charge is 0.255 e. The minimum absolute atomic E-state index is 0.259. The summed E-state index contributed by atoms with van der Waals surface area (Å²) in [5, 5.41) is 18.3. The van der Waals surface area contributed by atoms with Crippen LogP contribution in [0.4, 0.5) is 5.69 Å². The highest BCUT2D eigenvalue weighted by Crippen LogP contribution is 2.21. The number of nitrogens with zero attached hydrogens (tertiary/aromatic N) is 7. The molecule has 0 unspecified atom stereocenters. The predicted octanol–water partition coefficient (Wildman–Crippen LogP) is 2.21. The second-order valence-electron chi connectivity index (χ2n) is 5.66. The molecule has 27 heavy (non-hydrogen) atoms. The lowest BCUT2D eigenvalue weighted by Crippen LogP contribution is -2.12. The van der Waals surface area contributed by atoms with Gasteiger partial charge in [-0.05, 0) is 46.3 Å². The van der Waals surface area contributed by atoms with Gasteiger partial charge in [0, 0.05) is 11.3 Å². The lowest BCUT2D eigenvalue weighted by Gasteiger charge is -2.09. The monoisotopic (exact) mass is 380 g/mol. The molecule has 134 valence electrons. The third-order valence-corrected chi connectivity index (χ3v) is 4.15. The first kappa shape index (κ1) is 16.9. The molecule has 0 saturated heterocycles. The summed E-state index contributed by atoms with van der Waals surface area (Å²) >= 11 is 6.17. The van der Waals surface area contributed by atoms with Crippen molar-refractivity contribution in [2.75, 3.05) is 5.32 Å². The summed E-state index contributed by atoms with van der Waals surface area (Å²) in [6.45, 7) is 0.612. The van der Waals surface area contributed by atoms with E-state index in [1.54, 1.807) is 29.2 Å². The summed E-state index contributed by atoms with van der Waals surface area (Å²) in [5.74, 6) is -0.259. The Labute approximate surface area is 158 Å². The van der Waals surface area contributed by atoms with E-state index in [4.69, 9.17) is 11.6 Å². The summed E-state index contributed by atoms with van der Waals surface area (Å²) in [5.41, 5.74) is 2.70. The molecule has 2 heterocycles. The van der Waals surface area contributed by atoms with Crippen LogP contribution in [0.5, 0.6) is 0 Å². The van der Waals surface area contributed by atoms with E-state index in [9.17, 15) is 4.79 Å². The zero-order valence-electron chi connectivity index (χ0n) is 13.9. The number of halogens is 1. The molecule has 1 N–H and O–H groups in total. The molecule has 0 aliphatic carbocycles. The Bertz CT molecular complexity index is 1050. The summed E-state index contributed by atoms with van der Waals surface area (Å²) in [4.78, 5) is 16.5. The van der Waals surface area contributed by atoms with Gasteiger partial charge in [-0.1, -0.05) is 23.7 Å². The number of tetrazole rings is 1. The third kappa shape index (κ3) is 3.82. The van der Waals surface area contributed by atoms with E-state index in [0.29, 0.717) is 28.5 Å². The van der Waals surface area contributed by atoms with Crippen LogP contribution in [0.25, 0.3) is 5.69 Å². The highest BCUT2D eigenvalue weighted by molar-refractivity contribution is 6.32. The molecular weight excluding hydrogens is 368 g/mol. The Kier molecular flexibility index (Phi) is 4.58. The quantitative estimate of drug-likeness (QED) is 0.569. The zero-order valence-corrected chi connectivity index (χ0v) is 14.7. The van der Waals surface area contributed by atoms with E-state index in [-0.39, 0.29) is 5.91 Å².